The highest BCUT2D eigenvalue weighted by Gasteiger charge is 2.29. The molecular weight excluding hydrogens is 328 g/mol. The van der Waals surface area contributed by atoms with Crippen LogP contribution in [0.15, 0.2) is 0 Å². The molecule has 25 heavy (non-hydrogen) atoms. The van der Waals surface area contributed by atoms with Crippen LogP contribution in [-0.4, -0.2) is 53.5 Å². The molecule has 0 aliphatic rings. The number of hydrogen-bond acceptors (Lipinski definition) is 5. The van der Waals surface area contributed by atoms with Crippen LogP contribution in [0.25, 0.3) is 0 Å². The molecule has 0 aromatic rings. The lowest BCUT2D eigenvalue weighted by atomic mass is 10.0. The third-order valence-electron chi connectivity index (χ3n) is 3.42. The molecule has 0 radical (unpaired) electrons. The number of aliphatic carboxylic acids is 1. The molecular formula is C16H30N4O5. The molecule has 0 aliphatic carbocycles. The average Bonchev–Trinajstić information content (AvgIpc) is 2.48. The minimum absolute atomic E-state index is 0.0851. The van der Waals surface area contributed by atoms with Crippen molar-refractivity contribution in [2.24, 2.45) is 17.6 Å². The van der Waals surface area contributed by atoms with Gasteiger partial charge in [-0.25, -0.2) is 4.79 Å². The Hall–Kier alpha value is -2.16. The molecule has 9 nitrogen and oxygen atoms in total. The van der Waals surface area contributed by atoms with Crippen molar-refractivity contribution < 1.29 is 24.3 Å². The van der Waals surface area contributed by atoms with Crippen LogP contribution in [0.4, 0.5) is 0 Å². The zero-order valence-corrected chi connectivity index (χ0v) is 15.5. The molecule has 0 bridgehead atoms. The zero-order chi connectivity index (χ0) is 19.7. The first-order chi connectivity index (χ1) is 11.5. The van der Waals surface area contributed by atoms with Crippen molar-refractivity contribution in [3.63, 3.8) is 0 Å². The first-order valence-electron chi connectivity index (χ1n) is 8.31. The topological polar surface area (TPSA) is 151 Å². The van der Waals surface area contributed by atoms with E-state index < -0.39 is 41.8 Å². The van der Waals surface area contributed by atoms with Crippen LogP contribution in [0.5, 0.6) is 0 Å². The van der Waals surface area contributed by atoms with E-state index in [0.717, 1.165) is 0 Å². The summed E-state index contributed by atoms with van der Waals surface area (Å²) in [4.78, 5) is 46.9. The Morgan fingerprint density at radius 1 is 0.960 bits per heavy atom. The van der Waals surface area contributed by atoms with E-state index in [4.69, 9.17) is 5.73 Å². The summed E-state index contributed by atoms with van der Waals surface area (Å²) in [5, 5.41) is 16.5. The molecule has 3 atom stereocenters. The molecule has 144 valence electrons. The molecule has 0 saturated heterocycles. The van der Waals surface area contributed by atoms with Crippen molar-refractivity contribution >= 4 is 23.7 Å². The molecule has 0 fully saturated rings. The van der Waals surface area contributed by atoms with Crippen molar-refractivity contribution in [1.29, 1.82) is 0 Å². The van der Waals surface area contributed by atoms with E-state index in [9.17, 15) is 24.3 Å². The molecule has 9 heteroatoms. The number of carboxylic acids is 1. The summed E-state index contributed by atoms with van der Waals surface area (Å²) in [6, 6.07) is -2.68. The van der Waals surface area contributed by atoms with Gasteiger partial charge in [-0.1, -0.05) is 27.7 Å². The van der Waals surface area contributed by atoms with Gasteiger partial charge < -0.3 is 26.8 Å². The van der Waals surface area contributed by atoms with Crippen LogP contribution < -0.4 is 21.7 Å². The fourth-order valence-corrected chi connectivity index (χ4v) is 2.04. The number of carbonyl (C=O) groups is 4. The summed E-state index contributed by atoms with van der Waals surface area (Å²) in [5.74, 6) is -2.92. The summed E-state index contributed by atoms with van der Waals surface area (Å²) in [6.07, 6.45) is 0.282. The lowest BCUT2D eigenvalue weighted by Crippen LogP contribution is -2.55. The van der Waals surface area contributed by atoms with Gasteiger partial charge in [0.1, 0.15) is 12.1 Å². The van der Waals surface area contributed by atoms with Gasteiger partial charge in [-0.2, -0.15) is 0 Å². The van der Waals surface area contributed by atoms with Gasteiger partial charge in [0.15, 0.2) is 0 Å². The van der Waals surface area contributed by atoms with Crippen LogP contribution >= 0.6 is 0 Å². The van der Waals surface area contributed by atoms with Gasteiger partial charge in [0.2, 0.25) is 17.7 Å². The van der Waals surface area contributed by atoms with E-state index in [1.165, 1.54) is 6.92 Å². The van der Waals surface area contributed by atoms with Gasteiger partial charge in [-0.3, -0.25) is 14.4 Å². The van der Waals surface area contributed by atoms with E-state index in [1.807, 2.05) is 13.8 Å². The molecule has 0 saturated carbocycles. The average molecular weight is 358 g/mol. The fourth-order valence-electron chi connectivity index (χ4n) is 2.04. The number of nitrogens with two attached hydrogens (primary N) is 1. The predicted octanol–water partition coefficient (Wildman–Crippen LogP) is -0.794. The van der Waals surface area contributed by atoms with E-state index in [2.05, 4.69) is 16.0 Å². The standard InChI is InChI=1S/C16H30N4O5/c1-8(2)6-11(16(24)25)19-15(23)13(9(3)4)20-12(21)7-18-14(22)10(5)17/h8-11,13H,6-7,17H2,1-5H3,(H,18,22)(H,19,23)(H,20,21)(H,24,25)/t10-,11-,13-/m0/s1. The van der Waals surface area contributed by atoms with E-state index in [-0.39, 0.29) is 24.8 Å². The molecule has 0 aromatic carbocycles. The molecule has 0 aromatic heterocycles. The lowest BCUT2D eigenvalue weighted by molar-refractivity contribution is -0.143. The summed E-state index contributed by atoms with van der Waals surface area (Å²) >= 11 is 0. The van der Waals surface area contributed by atoms with Crippen molar-refractivity contribution in [2.45, 2.75) is 59.2 Å². The summed E-state index contributed by atoms with van der Waals surface area (Å²) in [6.45, 7) is 8.33. The van der Waals surface area contributed by atoms with Gasteiger partial charge in [0.05, 0.1) is 12.6 Å². The Balaban J connectivity index is 4.81. The third-order valence-corrected chi connectivity index (χ3v) is 3.42. The Bertz CT molecular complexity index is 491. The zero-order valence-electron chi connectivity index (χ0n) is 15.5. The Morgan fingerprint density at radius 3 is 1.92 bits per heavy atom. The summed E-state index contributed by atoms with van der Waals surface area (Å²) in [7, 11) is 0. The second-order valence-electron chi connectivity index (χ2n) is 6.82. The van der Waals surface area contributed by atoms with E-state index in [0.29, 0.717) is 0 Å². The van der Waals surface area contributed by atoms with Crippen LogP contribution in [0.3, 0.4) is 0 Å². The van der Waals surface area contributed by atoms with Crippen molar-refractivity contribution in [1.82, 2.24) is 16.0 Å². The second-order valence-corrected chi connectivity index (χ2v) is 6.82. The Morgan fingerprint density at radius 2 is 1.52 bits per heavy atom. The highest BCUT2D eigenvalue weighted by molar-refractivity contribution is 5.92. The first kappa shape index (κ1) is 22.8. The molecule has 0 aliphatic heterocycles. The molecule has 0 unspecified atom stereocenters. The maximum atomic E-state index is 12.4. The van der Waals surface area contributed by atoms with Gasteiger partial charge in [0.25, 0.3) is 0 Å². The molecule has 0 rings (SSSR count). The van der Waals surface area contributed by atoms with Crippen molar-refractivity contribution in [3.8, 4) is 0 Å². The number of carboxylic acid groups (broad SMARTS) is 1. The van der Waals surface area contributed by atoms with Crippen molar-refractivity contribution in [2.75, 3.05) is 6.54 Å². The maximum absolute atomic E-state index is 12.4. The van der Waals surface area contributed by atoms with Gasteiger partial charge in [-0.05, 0) is 25.2 Å². The van der Waals surface area contributed by atoms with Gasteiger partial charge in [-0.15, -0.1) is 0 Å². The minimum Gasteiger partial charge on any atom is -0.480 e. The smallest absolute Gasteiger partial charge is 0.326 e. The van der Waals surface area contributed by atoms with E-state index >= 15 is 0 Å². The maximum Gasteiger partial charge on any atom is 0.326 e. The summed E-state index contributed by atoms with van der Waals surface area (Å²) < 4.78 is 0. The highest BCUT2D eigenvalue weighted by atomic mass is 16.4. The number of rotatable bonds is 10. The van der Waals surface area contributed by atoms with Gasteiger partial charge >= 0.3 is 5.97 Å². The van der Waals surface area contributed by atoms with Crippen LogP contribution in [-0.2, 0) is 19.2 Å². The van der Waals surface area contributed by atoms with Crippen LogP contribution in [0.1, 0.15) is 41.0 Å². The Labute approximate surface area is 148 Å². The monoisotopic (exact) mass is 358 g/mol. The largest absolute Gasteiger partial charge is 0.480 e. The molecule has 6 N–H and O–H groups in total. The molecule has 0 heterocycles. The predicted molar refractivity (Wildman–Crippen MR) is 92.4 cm³/mol. The minimum atomic E-state index is -1.12. The first-order valence-corrected chi connectivity index (χ1v) is 8.31. The van der Waals surface area contributed by atoms with Crippen LogP contribution in [0, 0.1) is 11.8 Å². The second kappa shape index (κ2) is 10.7. The van der Waals surface area contributed by atoms with Crippen molar-refractivity contribution in [3.05, 3.63) is 0 Å². The number of nitrogens with one attached hydrogen (secondary N) is 3. The van der Waals surface area contributed by atoms with Gasteiger partial charge in [0, 0.05) is 0 Å². The fraction of sp³-hybridized carbons (Fsp3) is 0.750. The number of amides is 3. The number of carbonyl (C=O) groups excluding carboxylic acids is 3. The molecule has 0 spiro atoms. The molecule has 3 amide bonds. The third kappa shape index (κ3) is 9.04. The van der Waals surface area contributed by atoms with Crippen LogP contribution in [0.2, 0.25) is 0 Å². The summed E-state index contributed by atoms with van der Waals surface area (Å²) in [5.41, 5.74) is 5.38. The number of hydrogen-bond donors (Lipinski definition) is 5. The lowest BCUT2D eigenvalue weighted by Gasteiger charge is -2.24. The Kier molecular flexibility index (Phi) is 9.73. The quantitative estimate of drug-likeness (QED) is 0.345. The highest BCUT2D eigenvalue weighted by Crippen LogP contribution is 2.07. The SMILES string of the molecule is CC(C)C[C@H](NC(=O)[C@@H](NC(=O)CNC(=O)[C@H](C)N)C(C)C)C(=O)O. The van der Waals surface area contributed by atoms with E-state index in [1.54, 1.807) is 13.8 Å². The normalized spacial score (nSPS) is 14.6.